The van der Waals surface area contributed by atoms with E-state index in [0.717, 1.165) is 24.7 Å². The fourth-order valence-electron chi connectivity index (χ4n) is 6.63. The molecule has 0 aromatic heterocycles. The van der Waals surface area contributed by atoms with Gasteiger partial charge in [-0.05, 0) is 92.2 Å². The first-order chi connectivity index (χ1) is 15.6. The van der Waals surface area contributed by atoms with Crippen molar-refractivity contribution in [3.8, 4) is 0 Å². The summed E-state index contributed by atoms with van der Waals surface area (Å²) in [6, 6.07) is 4.55. The fraction of sp³-hybridized carbons (Fsp3) is 0.667. The normalized spacial score (nSPS) is 32.4. The lowest BCUT2D eigenvalue weighted by molar-refractivity contribution is -0.777. The van der Waals surface area contributed by atoms with Crippen LogP contribution in [-0.4, -0.2) is 25.2 Å². The molecule has 0 radical (unpaired) electrons. The van der Waals surface area contributed by atoms with Crippen LogP contribution in [0.4, 0.5) is 0 Å². The Morgan fingerprint density at radius 3 is 1.75 bits per heavy atom. The summed E-state index contributed by atoms with van der Waals surface area (Å²) in [6.07, 6.45) is 9.80. The second kappa shape index (κ2) is 9.71. The third kappa shape index (κ3) is 4.83. The van der Waals surface area contributed by atoms with E-state index in [1.807, 2.05) is 0 Å². The van der Waals surface area contributed by atoms with Crippen molar-refractivity contribution in [2.75, 3.05) is 13.2 Å². The molecule has 1 aromatic carbocycles. The second-order valence-electron chi connectivity index (χ2n) is 10.0. The Morgan fingerprint density at radius 2 is 1.34 bits per heavy atom. The van der Waals surface area contributed by atoms with Crippen LogP contribution < -0.4 is 5.26 Å². The molecule has 4 aliphatic rings. The van der Waals surface area contributed by atoms with Crippen molar-refractivity contribution >= 4 is 24.0 Å². The Labute approximate surface area is 192 Å². The molecule has 7 nitrogen and oxygen atoms in total. The van der Waals surface area contributed by atoms with E-state index in [1.54, 1.807) is 0 Å². The molecule has 4 aliphatic carbocycles. The summed E-state index contributed by atoms with van der Waals surface area (Å²) >= 11 is 0.640. The second-order valence-corrected chi connectivity index (χ2v) is 10.8. The molecule has 0 heterocycles. The maximum Gasteiger partial charge on any atom is 0.338 e. The third-order valence-corrected chi connectivity index (χ3v) is 8.71. The Kier molecular flexibility index (Phi) is 6.74. The quantitative estimate of drug-likeness (QED) is 0.235. The Morgan fingerprint density at radius 1 is 0.812 bits per heavy atom. The molecule has 8 heteroatoms. The third-order valence-electron chi connectivity index (χ3n) is 8.16. The van der Waals surface area contributed by atoms with Crippen molar-refractivity contribution in [1.82, 2.24) is 0 Å². The molecule has 0 N–H and O–H groups in total. The van der Waals surface area contributed by atoms with Gasteiger partial charge in [-0.25, -0.2) is 9.59 Å². The molecule has 0 aliphatic heterocycles. The minimum Gasteiger partial charge on any atom is -0.691 e. The lowest BCUT2D eigenvalue weighted by Gasteiger charge is -2.21. The van der Waals surface area contributed by atoms with Gasteiger partial charge in [-0.1, -0.05) is 12.8 Å². The van der Waals surface area contributed by atoms with Crippen LogP contribution in [0.1, 0.15) is 72.1 Å². The van der Waals surface area contributed by atoms with Gasteiger partial charge in [-0.3, -0.25) is 5.04 Å². The SMILES string of the molecule is O=C(OCC1CC2CCC1C2)c1cc(SOO[O-])cc(C(=O)OCC2CC3CCC2C3)c1. The highest BCUT2D eigenvalue weighted by Crippen LogP contribution is 2.49. The molecule has 174 valence electrons. The van der Waals surface area contributed by atoms with Gasteiger partial charge < -0.3 is 14.7 Å². The first kappa shape index (κ1) is 22.2. The number of ether oxygens (including phenoxy) is 2. The van der Waals surface area contributed by atoms with Gasteiger partial charge >= 0.3 is 11.9 Å². The number of fused-ring (bicyclic) bond motifs is 4. The maximum atomic E-state index is 12.7. The van der Waals surface area contributed by atoms with Crippen LogP contribution >= 0.6 is 12.0 Å². The summed E-state index contributed by atoms with van der Waals surface area (Å²) < 4.78 is 15.6. The van der Waals surface area contributed by atoms with E-state index in [0.29, 0.717) is 53.8 Å². The van der Waals surface area contributed by atoms with Gasteiger partial charge in [0.25, 0.3) is 0 Å². The minimum atomic E-state index is -0.486. The smallest absolute Gasteiger partial charge is 0.338 e. The Balaban J connectivity index is 1.22. The molecule has 1 aromatic rings. The summed E-state index contributed by atoms with van der Waals surface area (Å²) in [4.78, 5) is 25.9. The van der Waals surface area contributed by atoms with Crippen molar-refractivity contribution in [2.45, 2.75) is 56.3 Å². The number of carbonyl (C=O) groups excluding carboxylic acids is 2. The van der Waals surface area contributed by atoms with E-state index in [1.165, 1.54) is 56.7 Å². The van der Waals surface area contributed by atoms with Crippen LogP contribution in [0.25, 0.3) is 0 Å². The van der Waals surface area contributed by atoms with Crippen molar-refractivity contribution in [3.05, 3.63) is 29.3 Å². The maximum absolute atomic E-state index is 12.7. The van der Waals surface area contributed by atoms with Gasteiger partial charge in [0, 0.05) is 4.90 Å². The molecule has 6 atom stereocenters. The predicted molar refractivity (Wildman–Crippen MR) is 113 cm³/mol. The molecular formula is C24H29O7S-. The molecule has 0 saturated heterocycles. The van der Waals surface area contributed by atoms with E-state index in [9.17, 15) is 14.8 Å². The summed E-state index contributed by atoms with van der Waals surface area (Å²) in [6.45, 7) is 0.809. The van der Waals surface area contributed by atoms with E-state index in [2.05, 4.69) is 9.37 Å². The Hall–Kier alpha value is -1.61. The Bertz CT molecular complexity index is 796. The molecule has 5 rings (SSSR count). The molecule has 4 fully saturated rings. The van der Waals surface area contributed by atoms with Crippen LogP contribution in [0.5, 0.6) is 0 Å². The van der Waals surface area contributed by atoms with Crippen LogP contribution in [-0.2, 0) is 18.8 Å². The summed E-state index contributed by atoms with van der Waals surface area (Å²) in [5.74, 6) is 2.77. The van der Waals surface area contributed by atoms with Crippen molar-refractivity contribution in [1.29, 1.82) is 0 Å². The van der Waals surface area contributed by atoms with Gasteiger partial charge in [0.1, 0.15) is 0 Å². The summed E-state index contributed by atoms with van der Waals surface area (Å²) in [7, 11) is 0. The molecule has 32 heavy (non-hydrogen) atoms. The number of hydrogen-bond acceptors (Lipinski definition) is 8. The van der Waals surface area contributed by atoms with Crippen LogP contribution in [0, 0.1) is 35.5 Å². The first-order valence-corrected chi connectivity index (χ1v) is 12.5. The molecule has 6 unspecified atom stereocenters. The van der Waals surface area contributed by atoms with Crippen LogP contribution in [0.2, 0.25) is 0 Å². The minimum absolute atomic E-state index is 0.236. The van der Waals surface area contributed by atoms with Crippen LogP contribution in [0.15, 0.2) is 23.1 Å². The number of benzene rings is 1. The average molecular weight is 462 g/mol. The summed E-state index contributed by atoms with van der Waals surface area (Å²) in [5.41, 5.74) is 0.471. The van der Waals surface area contributed by atoms with Crippen LogP contribution in [0.3, 0.4) is 0 Å². The van der Waals surface area contributed by atoms with E-state index in [4.69, 9.17) is 9.47 Å². The van der Waals surface area contributed by atoms with Gasteiger partial charge in [0.2, 0.25) is 0 Å². The monoisotopic (exact) mass is 461 g/mol. The van der Waals surface area contributed by atoms with Crippen molar-refractivity contribution < 1.29 is 33.7 Å². The highest BCUT2D eigenvalue weighted by atomic mass is 32.2. The highest BCUT2D eigenvalue weighted by molar-refractivity contribution is 7.94. The largest absolute Gasteiger partial charge is 0.691 e. The van der Waals surface area contributed by atoms with Gasteiger partial charge in [-0.15, -0.1) is 0 Å². The van der Waals surface area contributed by atoms with E-state index >= 15 is 0 Å². The zero-order chi connectivity index (χ0) is 22.1. The zero-order valence-electron chi connectivity index (χ0n) is 18.0. The fourth-order valence-corrected chi connectivity index (χ4v) is 7.09. The number of rotatable bonds is 9. The highest BCUT2D eigenvalue weighted by Gasteiger charge is 2.41. The van der Waals surface area contributed by atoms with Gasteiger partial charge in [-0.2, -0.15) is 4.33 Å². The summed E-state index contributed by atoms with van der Waals surface area (Å²) in [5, 5.41) is 13.7. The van der Waals surface area contributed by atoms with E-state index < -0.39 is 11.9 Å². The van der Waals surface area contributed by atoms with Gasteiger partial charge in [0.05, 0.1) is 36.4 Å². The zero-order valence-corrected chi connectivity index (χ0v) is 18.8. The predicted octanol–water partition coefficient (Wildman–Crippen LogP) is 4.10. The standard InChI is InChI=1S/C24H30O7S/c25-23(28-12-20-7-14-1-3-16(20)5-14)18-9-19(11-22(10-18)32-31-30-27)24(26)29-13-21-8-15-2-4-17(21)6-15/h9-11,14-17,20-21,27H,1-8,12-13H2/p-1. The number of esters is 2. The lowest BCUT2D eigenvalue weighted by Crippen LogP contribution is -2.20. The lowest BCUT2D eigenvalue weighted by atomic mass is 9.89. The van der Waals surface area contributed by atoms with Crippen molar-refractivity contribution in [3.63, 3.8) is 0 Å². The first-order valence-electron chi connectivity index (χ1n) is 11.7. The molecule has 0 amide bonds. The van der Waals surface area contributed by atoms with Crippen molar-refractivity contribution in [2.24, 2.45) is 35.5 Å². The molecule has 0 spiro atoms. The number of carbonyl (C=O) groups is 2. The topological polar surface area (TPSA) is 94.1 Å². The average Bonchev–Trinajstić information content (AvgIpc) is 3.61. The number of hydrogen-bond donors (Lipinski definition) is 0. The van der Waals surface area contributed by atoms with Gasteiger partial charge in [0.15, 0.2) is 0 Å². The molecular weight excluding hydrogens is 432 g/mol. The molecule has 4 saturated carbocycles. The molecule has 4 bridgehead atoms. The van der Waals surface area contributed by atoms with E-state index in [-0.39, 0.29) is 11.1 Å².